The van der Waals surface area contributed by atoms with Crippen molar-refractivity contribution in [3.8, 4) is 6.07 Å². The molecular weight excluding hydrogens is 138 g/mol. The predicted octanol–water partition coefficient (Wildman–Crippen LogP) is 0.707. The Morgan fingerprint density at radius 3 is 2.60 bits per heavy atom. The van der Waals surface area contributed by atoms with Crippen LogP contribution >= 0.6 is 0 Å². The third-order valence-corrected chi connectivity index (χ3v) is 1.54. The summed E-state index contributed by atoms with van der Waals surface area (Å²) in [5, 5.41) is 8.27. The van der Waals surface area contributed by atoms with Gasteiger partial charge < -0.3 is 0 Å². The second kappa shape index (κ2) is 2.93. The van der Waals surface area contributed by atoms with E-state index in [1.807, 2.05) is 6.07 Å². The maximum Gasteiger partial charge on any atom is 0.251 e. The topological polar surface area (TPSA) is 27.0 Å². The van der Waals surface area contributed by atoms with Crippen molar-refractivity contribution in [3.05, 3.63) is 0 Å². The summed E-state index contributed by atoms with van der Waals surface area (Å²) < 4.78 is 23.2. The van der Waals surface area contributed by atoms with E-state index in [1.165, 1.54) is 0 Å². The average molecular weight is 146 g/mol. The smallest absolute Gasteiger partial charge is 0.251 e. The van der Waals surface area contributed by atoms with Gasteiger partial charge in [-0.15, -0.1) is 0 Å². The first-order valence-electron chi connectivity index (χ1n) is 3.12. The standard InChI is InChI=1S/C6H8F2N2/c7-6(8)4-10-2-5(1-9)3-10/h5-6H,2-4H2. The van der Waals surface area contributed by atoms with Gasteiger partial charge in [0.2, 0.25) is 0 Å². The number of likely N-dealkylation sites (tertiary alicyclic amines) is 1. The fourth-order valence-electron chi connectivity index (χ4n) is 0.996. The van der Waals surface area contributed by atoms with Crippen LogP contribution in [0.1, 0.15) is 0 Å². The minimum atomic E-state index is -2.26. The monoisotopic (exact) mass is 146 g/mol. The van der Waals surface area contributed by atoms with Gasteiger partial charge in [0.15, 0.2) is 0 Å². The van der Waals surface area contributed by atoms with E-state index in [4.69, 9.17) is 5.26 Å². The van der Waals surface area contributed by atoms with E-state index in [2.05, 4.69) is 0 Å². The fourth-order valence-corrected chi connectivity index (χ4v) is 0.996. The molecule has 10 heavy (non-hydrogen) atoms. The molecule has 4 heteroatoms. The number of nitrogens with zero attached hydrogens (tertiary/aromatic N) is 2. The highest BCUT2D eigenvalue weighted by molar-refractivity contribution is 4.94. The lowest BCUT2D eigenvalue weighted by Gasteiger charge is -2.34. The molecule has 0 aliphatic carbocycles. The van der Waals surface area contributed by atoms with Crippen LogP contribution in [0.4, 0.5) is 8.78 Å². The van der Waals surface area contributed by atoms with Crippen molar-refractivity contribution >= 4 is 0 Å². The minimum Gasteiger partial charge on any atom is -0.295 e. The molecule has 56 valence electrons. The molecule has 1 saturated heterocycles. The van der Waals surface area contributed by atoms with Gasteiger partial charge in [0.05, 0.1) is 18.5 Å². The molecule has 2 nitrogen and oxygen atoms in total. The summed E-state index contributed by atoms with van der Waals surface area (Å²) in [5.41, 5.74) is 0. The summed E-state index contributed by atoms with van der Waals surface area (Å²) in [7, 11) is 0. The van der Waals surface area contributed by atoms with Crippen molar-refractivity contribution < 1.29 is 8.78 Å². The summed E-state index contributed by atoms with van der Waals surface area (Å²) in [4.78, 5) is 1.58. The van der Waals surface area contributed by atoms with E-state index in [-0.39, 0.29) is 12.5 Å². The Bertz CT molecular complexity index is 146. The number of halogens is 2. The summed E-state index contributed by atoms with van der Waals surface area (Å²) >= 11 is 0. The van der Waals surface area contributed by atoms with Crippen molar-refractivity contribution in [2.24, 2.45) is 5.92 Å². The predicted molar refractivity (Wildman–Crippen MR) is 31.5 cm³/mol. The van der Waals surface area contributed by atoms with Gasteiger partial charge in [0, 0.05) is 13.1 Å². The maximum atomic E-state index is 11.6. The Morgan fingerprint density at radius 2 is 2.20 bits per heavy atom. The second-order valence-electron chi connectivity index (χ2n) is 2.44. The molecule has 0 N–H and O–H groups in total. The quantitative estimate of drug-likeness (QED) is 0.573. The lowest BCUT2D eigenvalue weighted by Crippen LogP contribution is -2.47. The number of nitriles is 1. The Kier molecular flexibility index (Phi) is 2.17. The van der Waals surface area contributed by atoms with Gasteiger partial charge in [-0.1, -0.05) is 0 Å². The van der Waals surface area contributed by atoms with Gasteiger partial charge >= 0.3 is 0 Å². The molecule has 0 aromatic carbocycles. The van der Waals surface area contributed by atoms with Crippen LogP contribution in [0.5, 0.6) is 0 Å². The lowest BCUT2D eigenvalue weighted by atomic mass is 10.0. The first-order chi connectivity index (χ1) is 4.72. The van der Waals surface area contributed by atoms with Crippen LogP contribution in [0.3, 0.4) is 0 Å². The highest BCUT2D eigenvalue weighted by atomic mass is 19.3. The number of hydrogen-bond donors (Lipinski definition) is 0. The largest absolute Gasteiger partial charge is 0.295 e. The first kappa shape index (κ1) is 7.42. The molecule has 1 heterocycles. The summed E-state index contributed by atoms with van der Waals surface area (Å²) in [6, 6.07) is 2.02. The molecule has 1 rings (SSSR count). The molecule has 0 spiro atoms. The zero-order chi connectivity index (χ0) is 7.56. The molecule has 0 atom stereocenters. The van der Waals surface area contributed by atoms with Crippen LogP contribution < -0.4 is 0 Å². The van der Waals surface area contributed by atoms with Crippen molar-refractivity contribution in [2.75, 3.05) is 19.6 Å². The molecule has 0 radical (unpaired) electrons. The van der Waals surface area contributed by atoms with Crippen LogP contribution in [-0.2, 0) is 0 Å². The van der Waals surface area contributed by atoms with E-state index in [0.29, 0.717) is 13.1 Å². The second-order valence-corrected chi connectivity index (χ2v) is 2.44. The van der Waals surface area contributed by atoms with Crippen LogP contribution in [0, 0.1) is 17.2 Å². The third kappa shape index (κ3) is 1.64. The SMILES string of the molecule is N#CC1CN(CC(F)F)C1. The molecule has 0 amide bonds. The van der Waals surface area contributed by atoms with Gasteiger partial charge in [0.1, 0.15) is 0 Å². The van der Waals surface area contributed by atoms with Crippen LogP contribution in [0.15, 0.2) is 0 Å². The Labute approximate surface area is 58.0 Å². The van der Waals surface area contributed by atoms with Crippen molar-refractivity contribution in [1.82, 2.24) is 4.90 Å². The molecule has 0 aromatic rings. The molecule has 0 saturated carbocycles. The molecular formula is C6H8F2N2. The van der Waals surface area contributed by atoms with Gasteiger partial charge in [-0.3, -0.25) is 4.90 Å². The Hall–Kier alpha value is -0.690. The fraction of sp³-hybridized carbons (Fsp3) is 0.833. The van der Waals surface area contributed by atoms with Gasteiger partial charge in [-0.05, 0) is 0 Å². The van der Waals surface area contributed by atoms with E-state index in [1.54, 1.807) is 4.90 Å². The van der Waals surface area contributed by atoms with Gasteiger partial charge in [-0.25, -0.2) is 8.78 Å². The summed E-state index contributed by atoms with van der Waals surface area (Å²) in [5.74, 6) is -0.0150. The highest BCUT2D eigenvalue weighted by Gasteiger charge is 2.27. The van der Waals surface area contributed by atoms with E-state index >= 15 is 0 Å². The van der Waals surface area contributed by atoms with E-state index in [9.17, 15) is 8.78 Å². The molecule has 0 aromatic heterocycles. The Morgan fingerprint density at radius 1 is 1.60 bits per heavy atom. The minimum absolute atomic E-state index is 0.0150. The first-order valence-corrected chi connectivity index (χ1v) is 3.12. The summed E-state index contributed by atoms with van der Waals surface area (Å²) in [6.45, 7) is 0.847. The molecule has 0 unspecified atom stereocenters. The average Bonchev–Trinajstić information content (AvgIpc) is 1.76. The summed E-state index contributed by atoms with van der Waals surface area (Å²) in [6.07, 6.45) is -2.26. The van der Waals surface area contributed by atoms with Crippen LogP contribution in [0.25, 0.3) is 0 Å². The van der Waals surface area contributed by atoms with Crippen LogP contribution in [0.2, 0.25) is 0 Å². The maximum absolute atomic E-state index is 11.6. The van der Waals surface area contributed by atoms with Crippen molar-refractivity contribution in [3.63, 3.8) is 0 Å². The molecule has 0 bridgehead atoms. The van der Waals surface area contributed by atoms with Gasteiger partial charge in [0.25, 0.3) is 6.43 Å². The zero-order valence-electron chi connectivity index (χ0n) is 5.43. The van der Waals surface area contributed by atoms with E-state index in [0.717, 1.165) is 0 Å². The molecule has 1 aliphatic heterocycles. The lowest BCUT2D eigenvalue weighted by molar-refractivity contribution is 0.0408. The highest BCUT2D eigenvalue weighted by Crippen LogP contribution is 2.14. The Balaban J connectivity index is 2.10. The van der Waals surface area contributed by atoms with E-state index < -0.39 is 6.43 Å². The molecule has 1 aliphatic rings. The van der Waals surface area contributed by atoms with Gasteiger partial charge in [-0.2, -0.15) is 5.26 Å². The van der Waals surface area contributed by atoms with Crippen LogP contribution in [-0.4, -0.2) is 31.0 Å². The van der Waals surface area contributed by atoms with Crippen molar-refractivity contribution in [1.29, 1.82) is 5.26 Å². The zero-order valence-corrected chi connectivity index (χ0v) is 5.43. The normalized spacial score (nSPS) is 20.6. The number of hydrogen-bond acceptors (Lipinski definition) is 2. The number of rotatable bonds is 2. The molecule has 1 fully saturated rings. The third-order valence-electron chi connectivity index (χ3n) is 1.54. The number of alkyl halides is 2. The van der Waals surface area contributed by atoms with Crippen molar-refractivity contribution in [2.45, 2.75) is 6.43 Å².